The van der Waals surface area contributed by atoms with Crippen molar-refractivity contribution in [1.29, 1.82) is 0 Å². The molecule has 0 bridgehead atoms. The summed E-state index contributed by atoms with van der Waals surface area (Å²) in [5, 5.41) is 2.80. The van der Waals surface area contributed by atoms with Gasteiger partial charge in [0.25, 0.3) is 17.7 Å². The molecule has 0 saturated carbocycles. The van der Waals surface area contributed by atoms with Gasteiger partial charge in [-0.3, -0.25) is 19.3 Å². The molecule has 1 aliphatic heterocycles. The second-order valence-corrected chi connectivity index (χ2v) is 5.91. The highest BCUT2D eigenvalue weighted by atomic mass is 16.5. The molecule has 3 amide bonds. The van der Waals surface area contributed by atoms with Gasteiger partial charge in [0.15, 0.2) is 11.5 Å². The second kappa shape index (κ2) is 6.51. The lowest BCUT2D eigenvalue weighted by atomic mass is 10.0. The Kier molecular flexibility index (Phi) is 4.38. The molecular weight excluding hydrogens is 336 g/mol. The molecule has 7 heteroatoms. The van der Waals surface area contributed by atoms with Crippen molar-refractivity contribution >= 4 is 23.4 Å². The Labute approximate surface area is 150 Å². The fourth-order valence-electron chi connectivity index (χ4n) is 2.81. The van der Waals surface area contributed by atoms with Crippen molar-refractivity contribution in [3.8, 4) is 11.5 Å². The third-order valence-electron chi connectivity index (χ3n) is 4.33. The molecule has 7 nitrogen and oxygen atoms in total. The van der Waals surface area contributed by atoms with E-state index in [0.29, 0.717) is 22.7 Å². The van der Waals surface area contributed by atoms with Crippen molar-refractivity contribution in [2.75, 3.05) is 26.6 Å². The molecule has 0 spiro atoms. The van der Waals surface area contributed by atoms with Gasteiger partial charge in [-0.25, -0.2) is 0 Å². The van der Waals surface area contributed by atoms with Crippen LogP contribution >= 0.6 is 0 Å². The SMILES string of the molecule is COc1cc(C)c(NC(=O)c2ccc3c(c2)C(=O)N(C)C3=O)cc1OC. The van der Waals surface area contributed by atoms with Crippen LogP contribution in [-0.4, -0.2) is 43.9 Å². The number of benzene rings is 2. The lowest BCUT2D eigenvalue weighted by Gasteiger charge is -2.14. The van der Waals surface area contributed by atoms with Crippen LogP contribution in [0.15, 0.2) is 30.3 Å². The summed E-state index contributed by atoms with van der Waals surface area (Å²) in [6.45, 7) is 1.83. The number of carbonyl (C=O) groups excluding carboxylic acids is 3. The van der Waals surface area contributed by atoms with Crippen LogP contribution in [-0.2, 0) is 0 Å². The third kappa shape index (κ3) is 2.77. The Morgan fingerprint density at radius 2 is 1.58 bits per heavy atom. The van der Waals surface area contributed by atoms with Gasteiger partial charge in [-0.1, -0.05) is 0 Å². The van der Waals surface area contributed by atoms with Gasteiger partial charge >= 0.3 is 0 Å². The number of rotatable bonds is 4. The summed E-state index contributed by atoms with van der Waals surface area (Å²) >= 11 is 0. The summed E-state index contributed by atoms with van der Waals surface area (Å²) in [6.07, 6.45) is 0. The largest absolute Gasteiger partial charge is 0.493 e. The van der Waals surface area contributed by atoms with Gasteiger partial charge in [0, 0.05) is 24.4 Å². The standard InChI is InChI=1S/C19H18N2O5/c1-10-7-15(25-3)16(26-4)9-14(10)20-17(22)11-5-6-12-13(8-11)19(24)21(2)18(12)23/h5-9H,1-4H3,(H,20,22). The maximum atomic E-state index is 12.6. The zero-order valence-corrected chi connectivity index (χ0v) is 14.9. The third-order valence-corrected chi connectivity index (χ3v) is 4.33. The highest BCUT2D eigenvalue weighted by Gasteiger charge is 2.33. The van der Waals surface area contributed by atoms with Crippen molar-refractivity contribution in [2.45, 2.75) is 6.92 Å². The van der Waals surface area contributed by atoms with Crippen LogP contribution in [0.5, 0.6) is 11.5 Å². The maximum Gasteiger partial charge on any atom is 0.261 e. The fraction of sp³-hybridized carbons (Fsp3) is 0.211. The molecule has 1 heterocycles. The highest BCUT2D eigenvalue weighted by molar-refractivity contribution is 6.22. The monoisotopic (exact) mass is 354 g/mol. The number of amides is 3. The Morgan fingerprint density at radius 1 is 0.962 bits per heavy atom. The molecule has 26 heavy (non-hydrogen) atoms. The predicted octanol–water partition coefficient (Wildman–Crippen LogP) is 2.49. The van der Waals surface area contributed by atoms with Crippen LogP contribution < -0.4 is 14.8 Å². The minimum absolute atomic E-state index is 0.231. The minimum atomic E-state index is -0.415. The highest BCUT2D eigenvalue weighted by Crippen LogP contribution is 2.33. The summed E-state index contributed by atoms with van der Waals surface area (Å²) in [6, 6.07) is 7.88. The molecule has 1 N–H and O–H groups in total. The number of aryl methyl sites for hydroxylation is 1. The summed E-state index contributed by atoms with van der Waals surface area (Å²) in [5.74, 6) is -0.120. The van der Waals surface area contributed by atoms with E-state index in [9.17, 15) is 14.4 Å². The van der Waals surface area contributed by atoms with Gasteiger partial charge in [0.2, 0.25) is 0 Å². The van der Waals surface area contributed by atoms with E-state index in [1.807, 2.05) is 6.92 Å². The summed E-state index contributed by atoms with van der Waals surface area (Å²) in [7, 11) is 4.46. The molecule has 1 aliphatic rings. The normalized spacial score (nSPS) is 12.8. The summed E-state index contributed by atoms with van der Waals surface area (Å²) < 4.78 is 10.5. The van der Waals surface area contributed by atoms with E-state index in [0.717, 1.165) is 10.5 Å². The topological polar surface area (TPSA) is 84.9 Å². The first kappa shape index (κ1) is 17.5. The molecule has 0 saturated heterocycles. The van der Waals surface area contributed by atoms with Crippen molar-refractivity contribution in [1.82, 2.24) is 4.90 Å². The first-order valence-corrected chi connectivity index (χ1v) is 7.87. The molecule has 2 aromatic rings. The van der Waals surface area contributed by atoms with E-state index in [4.69, 9.17) is 9.47 Å². The van der Waals surface area contributed by atoms with Crippen LogP contribution in [0.2, 0.25) is 0 Å². The van der Waals surface area contributed by atoms with Gasteiger partial charge in [-0.15, -0.1) is 0 Å². The first-order chi connectivity index (χ1) is 12.4. The van der Waals surface area contributed by atoms with Crippen molar-refractivity contribution < 1.29 is 23.9 Å². The van der Waals surface area contributed by atoms with E-state index in [1.165, 1.54) is 39.5 Å². The number of fused-ring (bicyclic) bond motifs is 1. The molecule has 0 radical (unpaired) electrons. The van der Waals surface area contributed by atoms with Crippen molar-refractivity contribution in [2.24, 2.45) is 0 Å². The molecular formula is C19H18N2O5. The number of hydrogen-bond donors (Lipinski definition) is 1. The van der Waals surface area contributed by atoms with Crippen molar-refractivity contribution in [3.05, 3.63) is 52.6 Å². The molecule has 0 atom stereocenters. The molecule has 0 aromatic heterocycles. The average Bonchev–Trinajstić information content (AvgIpc) is 2.86. The van der Waals surface area contributed by atoms with Gasteiger partial charge in [-0.2, -0.15) is 0 Å². The lowest BCUT2D eigenvalue weighted by Crippen LogP contribution is -2.24. The lowest BCUT2D eigenvalue weighted by molar-refractivity contribution is 0.0693. The predicted molar refractivity (Wildman–Crippen MR) is 95.1 cm³/mol. The van der Waals surface area contributed by atoms with E-state index >= 15 is 0 Å². The number of anilines is 1. The van der Waals surface area contributed by atoms with Crippen LogP contribution in [0.1, 0.15) is 36.6 Å². The van der Waals surface area contributed by atoms with Crippen LogP contribution in [0.3, 0.4) is 0 Å². The molecule has 0 fully saturated rings. The zero-order chi connectivity index (χ0) is 19.0. The van der Waals surface area contributed by atoms with E-state index < -0.39 is 11.8 Å². The number of nitrogens with one attached hydrogen (secondary N) is 1. The van der Waals surface area contributed by atoms with Crippen LogP contribution in [0.25, 0.3) is 0 Å². The fourth-order valence-corrected chi connectivity index (χ4v) is 2.81. The van der Waals surface area contributed by atoms with E-state index in [1.54, 1.807) is 12.1 Å². The van der Waals surface area contributed by atoms with E-state index in [-0.39, 0.29) is 17.0 Å². The number of imide groups is 1. The number of methoxy groups -OCH3 is 2. The van der Waals surface area contributed by atoms with Gasteiger partial charge in [0.05, 0.1) is 25.3 Å². The summed E-state index contributed by atoms with van der Waals surface area (Å²) in [4.78, 5) is 37.7. The molecule has 0 unspecified atom stereocenters. The average molecular weight is 354 g/mol. The number of carbonyl (C=O) groups is 3. The maximum absolute atomic E-state index is 12.6. The Morgan fingerprint density at radius 3 is 2.23 bits per heavy atom. The van der Waals surface area contributed by atoms with Crippen molar-refractivity contribution in [3.63, 3.8) is 0 Å². The molecule has 134 valence electrons. The summed E-state index contributed by atoms with van der Waals surface area (Å²) in [5.41, 5.74) is 2.18. The first-order valence-electron chi connectivity index (χ1n) is 7.87. The molecule has 2 aromatic carbocycles. The quantitative estimate of drug-likeness (QED) is 0.853. The Bertz CT molecular complexity index is 936. The Balaban J connectivity index is 1.91. The van der Waals surface area contributed by atoms with E-state index in [2.05, 4.69) is 5.32 Å². The molecule has 0 aliphatic carbocycles. The smallest absolute Gasteiger partial charge is 0.261 e. The van der Waals surface area contributed by atoms with Crippen LogP contribution in [0, 0.1) is 6.92 Å². The van der Waals surface area contributed by atoms with Gasteiger partial charge in [0.1, 0.15) is 0 Å². The number of ether oxygens (including phenoxy) is 2. The molecule has 3 rings (SSSR count). The number of nitrogens with zero attached hydrogens (tertiary/aromatic N) is 1. The number of hydrogen-bond acceptors (Lipinski definition) is 5. The van der Waals surface area contributed by atoms with Gasteiger partial charge in [-0.05, 0) is 36.8 Å². The van der Waals surface area contributed by atoms with Gasteiger partial charge < -0.3 is 14.8 Å². The zero-order valence-electron chi connectivity index (χ0n) is 14.9. The van der Waals surface area contributed by atoms with Crippen LogP contribution in [0.4, 0.5) is 5.69 Å². The minimum Gasteiger partial charge on any atom is -0.493 e. The Hall–Kier alpha value is -3.35. The second-order valence-electron chi connectivity index (χ2n) is 5.91.